The lowest BCUT2D eigenvalue weighted by Gasteiger charge is -2.09. The van der Waals surface area contributed by atoms with Gasteiger partial charge in [-0.15, -0.1) is 0 Å². The van der Waals surface area contributed by atoms with E-state index in [1.807, 2.05) is 24.3 Å². The molecular formula is C15H14BrNO4. The first-order valence-electron chi connectivity index (χ1n) is 6.22. The van der Waals surface area contributed by atoms with E-state index in [4.69, 9.17) is 9.47 Å². The zero-order valence-electron chi connectivity index (χ0n) is 11.4. The molecule has 0 atom stereocenters. The number of halogens is 1. The van der Waals surface area contributed by atoms with Gasteiger partial charge < -0.3 is 9.47 Å². The van der Waals surface area contributed by atoms with Crippen molar-refractivity contribution in [1.29, 1.82) is 0 Å². The number of nitro groups is 1. The molecule has 6 heteroatoms. The maximum absolute atomic E-state index is 10.9. The Morgan fingerprint density at radius 2 is 1.90 bits per heavy atom. The molecule has 0 saturated carbocycles. The number of rotatable bonds is 6. The number of non-ortho nitro benzene ring substituents is 1. The molecule has 0 radical (unpaired) electrons. The van der Waals surface area contributed by atoms with E-state index in [0.29, 0.717) is 11.3 Å². The van der Waals surface area contributed by atoms with Crippen molar-refractivity contribution in [2.75, 3.05) is 7.11 Å². The first-order valence-corrected chi connectivity index (χ1v) is 7.34. The molecule has 0 aliphatic carbocycles. The predicted octanol–water partition coefficient (Wildman–Crippen LogP) is 4.08. The van der Waals surface area contributed by atoms with E-state index in [-0.39, 0.29) is 12.3 Å². The van der Waals surface area contributed by atoms with Crippen LogP contribution in [-0.2, 0) is 11.9 Å². The van der Waals surface area contributed by atoms with Crippen molar-refractivity contribution in [3.63, 3.8) is 0 Å². The number of ether oxygens (including phenoxy) is 2. The van der Waals surface area contributed by atoms with E-state index < -0.39 is 4.92 Å². The third-order valence-corrected chi connectivity index (χ3v) is 3.50. The molecule has 0 saturated heterocycles. The van der Waals surface area contributed by atoms with Gasteiger partial charge >= 0.3 is 0 Å². The zero-order valence-corrected chi connectivity index (χ0v) is 13.0. The fourth-order valence-electron chi connectivity index (χ4n) is 1.84. The number of benzene rings is 2. The first kappa shape index (κ1) is 15.3. The summed E-state index contributed by atoms with van der Waals surface area (Å²) in [7, 11) is 1.48. The average molecular weight is 352 g/mol. The highest BCUT2D eigenvalue weighted by atomic mass is 79.9. The Morgan fingerprint density at radius 3 is 2.57 bits per heavy atom. The Morgan fingerprint density at radius 1 is 1.14 bits per heavy atom. The third kappa shape index (κ3) is 4.19. The Balaban J connectivity index is 2.15. The third-order valence-electron chi connectivity index (χ3n) is 2.86. The summed E-state index contributed by atoms with van der Waals surface area (Å²) in [4.78, 5) is 10.4. The molecule has 0 aliphatic rings. The van der Waals surface area contributed by atoms with Gasteiger partial charge in [-0.25, -0.2) is 0 Å². The smallest absolute Gasteiger partial charge is 0.273 e. The molecule has 2 aromatic carbocycles. The molecule has 0 amide bonds. The second-order valence-electron chi connectivity index (χ2n) is 4.37. The SMILES string of the molecule is COc1cc(COc2cccc(CBr)c2)cc([N+](=O)[O-])c1. The highest BCUT2D eigenvalue weighted by Gasteiger charge is 2.10. The molecule has 110 valence electrons. The summed E-state index contributed by atoms with van der Waals surface area (Å²) in [6.45, 7) is 0.240. The monoisotopic (exact) mass is 351 g/mol. The molecule has 0 aliphatic heterocycles. The summed E-state index contributed by atoms with van der Waals surface area (Å²) in [6.07, 6.45) is 0. The number of methoxy groups -OCH3 is 1. The molecule has 0 bridgehead atoms. The number of nitro benzene ring substituents is 1. The minimum Gasteiger partial charge on any atom is -0.496 e. The molecule has 0 spiro atoms. The van der Waals surface area contributed by atoms with Crippen molar-refractivity contribution >= 4 is 21.6 Å². The van der Waals surface area contributed by atoms with Gasteiger partial charge in [0.2, 0.25) is 0 Å². The second-order valence-corrected chi connectivity index (χ2v) is 4.93. The molecule has 2 rings (SSSR count). The van der Waals surface area contributed by atoms with Gasteiger partial charge in [0.05, 0.1) is 18.1 Å². The highest BCUT2D eigenvalue weighted by molar-refractivity contribution is 9.08. The molecule has 2 aromatic rings. The number of nitrogens with zero attached hydrogens (tertiary/aromatic N) is 1. The van der Waals surface area contributed by atoms with Crippen LogP contribution < -0.4 is 9.47 Å². The van der Waals surface area contributed by atoms with Gasteiger partial charge in [-0.2, -0.15) is 0 Å². The van der Waals surface area contributed by atoms with Crippen LogP contribution in [0.2, 0.25) is 0 Å². The van der Waals surface area contributed by atoms with Crippen LogP contribution in [0.5, 0.6) is 11.5 Å². The van der Waals surface area contributed by atoms with E-state index in [1.54, 1.807) is 6.07 Å². The molecule has 0 fully saturated rings. The van der Waals surface area contributed by atoms with Gasteiger partial charge in [-0.05, 0) is 29.3 Å². The summed E-state index contributed by atoms with van der Waals surface area (Å²) < 4.78 is 10.7. The highest BCUT2D eigenvalue weighted by Crippen LogP contribution is 2.24. The summed E-state index contributed by atoms with van der Waals surface area (Å²) in [6, 6.07) is 12.2. The molecule has 0 aromatic heterocycles. The van der Waals surface area contributed by atoms with E-state index in [0.717, 1.165) is 16.6 Å². The van der Waals surface area contributed by atoms with Gasteiger partial charge in [-0.1, -0.05) is 28.1 Å². The average Bonchev–Trinajstić information content (AvgIpc) is 2.52. The second kappa shape index (κ2) is 7.08. The normalized spacial score (nSPS) is 10.2. The van der Waals surface area contributed by atoms with E-state index in [2.05, 4.69) is 15.9 Å². The molecule has 0 heterocycles. The van der Waals surface area contributed by atoms with Crippen molar-refractivity contribution in [3.05, 3.63) is 63.7 Å². The molecule has 0 unspecified atom stereocenters. The lowest BCUT2D eigenvalue weighted by atomic mass is 10.2. The zero-order chi connectivity index (χ0) is 15.2. The van der Waals surface area contributed by atoms with Gasteiger partial charge in [-0.3, -0.25) is 10.1 Å². The van der Waals surface area contributed by atoms with Gasteiger partial charge in [0, 0.05) is 11.4 Å². The van der Waals surface area contributed by atoms with E-state index in [1.165, 1.54) is 19.2 Å². The Bertz CT molecular complexity index is 645. The fraction of sp³-hybridized carbons (Fsp3) is 0.200. The van der Waals surface area contributed by atoms with E-state index in [9.17, 15) is 10.1 Å². The number of hydrogen-bond acceptors (Lipinski definition) is 4. The summed E-state index contributed by atoms with van der Waals surface area (Å²) in [5.41, 5.74) is 1.77. The maximum Gasteiger partial charge on any atom is 0.273 e. The van der Waals surface area contributed by atoms with Crippen molar-refractivity contribution in [1.82, 2.24) is 0 Å². The van der Waals surface area contributed by atoms with Crippen LogP contribution in [0, 0.1) is 10.1 Å². The minimum atomic E-state index is -0.447. The largest absolute Gasteiger partial charge is 0.496 e. The molecular weight excluding hydrogens is 338 g/mol. The van der Waals surface area contributed by atoms with Crippen LogP contribution in [0.1, 0.15) is 11.1 Å². The van der Waals surface area contributed by atoms with Gasteiger partial charge in [0.15, 0.2) is 0 Å². The summed E-state index contributed by atoms with van der Waals surface area (Å²) >= 11 is 3.38. The molecule has 5 nitrogen and oxygen atoms in total. The van der Waals surface area contributed by atoms with Crippen LogP contribution in [-0.4, -0.2) is 12.0 Å². The van der Waals surface area contributed by atoms with E-state index >= 15 is 0 Å². The van der Waals surface area contributed by atoms with Crippen LogP contribution in [0.4, 0.5) is 5.69 Å². The molecule has 0 N–H and O–H groups in total. The minimum absolute atomic E-state index is 0.0119. The lowest BCUT2D eigenvalue weighted by molar-refractivity contribution is -0.385. The van der Waals surface area contributed by atoms with Gasteiger partial charge in [0.1, 0.15) is 18.1 Å². The predicted molar refractivity (Wildman–Crippen MR) is 83.1 cm³/mol. The molecule has 21 heavy (non-hydrogen) atoms. The number of alkyl halides is 1. The summed E-state index contributed by atoms with van der Waals surface area (Å²) in [5.74, 6) is 1.16. The van der Waals surface area contributed by atoms with Crippen LogP contribution in [0.25, 0.3) is 0 Å². The topological polar surface area (TPSA) is 61.6 Å². The standard InChI is InChI=1S/C15H14BrNO4/c1-20-15-7-12(5-13(8-15)17(18)19)10-21-14-4-2-3-11(6-14)9-16/h2-8H,9-10H2,1H3. The Hall–Kier alpha value is -2.08. The quantitative estimate of drug-likeness (QED) is 0.447. The maximum atomic E-state index is 10.9. The van der Waals surface area contributed by atoms with Crippen LogP contribution in [0.3, 0.4) is 0 Å². The van der Waals surface area contributed by atoms with Crippen molar-refractivity contribution in [2.24, 2.45) is 0 Å². The summed E-state index contributed by atoms with van der Waals surface area (Å²) in [5, 5.41) is 11.6. The van der Waals surface area contributed by atoms with Crippen molar-refractivity contribution in [2.45, 2.75) is 11.9 Å². The number of hydrogen-bond donors (Lipinski definition) is 0. The fourth-order valence-corrected chi connectivity index (χ4v) is 2.18. The lowest BCUT2D eigenvalue weighted by Crippen LogP contribution is -1.98. The Labute approximate surface area is 130 Å². The Kier molecular flexibility index (Phi) is 5.16. The van der Waals surface area contributed by atoms with Gasteiger partial charge in [0.25, 0.3) is 5.69 Å². The van der Waals surface area contributed by atoms with Crippen molar-refractivity contribution in [3.8, 4) is 11.5 Å². The van der Waals surface area contributed by atoms with Crippen LogP contribution >= 0.6 is 15.9 Å². The first-order chi connectivity index (χ1) is 10.1. The van der Waals surface area contributed by atoms with Crippen molar-refractivity contribution < 1.29 is 14.4 Å². The van der Waals surface area contributed by atoms with Crippen LogP contribution in [0.15, 0.2) is 42.5 Å².